The minimum atomic E-state index is 0.561. The quantitative estimate of drug-likeness (QED) is 0.743. The molecule has 0 aromatic heterocycles. The SMILES string of the molecule is CCCNC(COC1CCCCC1)C1CCCC1. The Morgan fingerprint density at radius 3 is 2.33 bits per heavy atom. The third kappa shape index (κ3) is 4.55. The van der Waals surface area contributed by atoms with E-state index in [0.29, 0.717) is 12.1 Å². The second-order valence-corrected chi connectivity index (χ2v) is 6.20. The zero-order chi connectivity index (χ0) is 12.6. The van der Waals surface area contributed by atoms with Crippen molar-refractivity contribution in [3.8, 4) is 0 Å². The van der Waals surface area contributed by atoms with Crippen LogP contribution in [0.3, 0.4) is 0 Å². The van der Waals surface area contributed by atoms with Crippen LogP contribution in [0.5, 0.6) is 0 Å². The molecule has 1 N–H and O–H groups in total. The largest absolute Gasteiger partial charge is 0.377 e. The number of hydrogen-bond donors (Lipinski definition) is 1. The van der Waals surface area contributed by atoms with Crippen molar-refractivity contribution in [2.45, 2.75) is 83.3 Å². The number of rotatable bonds is 7. The van der Waals surface area contributed by atoms with E-state index in [4.69, 9.17) is 4.74 Å². The van der Waals surface area contributed by atoms with Crippen LogP contribution in [-0.4, -0.2) is 25.3 Å². The molecule has 0 spiro atoms. The van der Waals surface area contributed by atoms with Gasteiger partial charge in [0.1, 0.15) is 0 Å². The van der Waals surface area contributed by atoms with E-state index in [1.807, 2.05) is 0 Å². The van der Waals surface area contributed by atoms with Gasteiger partial charge in [-0.1, -0.05) is 39.0 Å². The second-order valence-electron chi connectivity index (χ2n) is 6.20. The normalized spacial score (nSPS) is 24.5. The van der Waals surface area contributed by atoms with Crippen LogP contribution in [0.4, 0.5) is 0 Å². The standard InChI is InChI=1S/C16H31NO/c1-2-12-17-16(14-8-6-7-9-14)13-18-15-10-4-3-5-11-15/h14-17H,2-13H2,1H3. The molecule has 0 saturated heterocycles. The Labute approximate surface area is 113 Å². The van der Waals surface area contributed by atoms with Crippen molar-refractivity contribution in [3.63, 3.8) is 0 Å². The van der Waals surface area contributed by atoms with Crippen LogP contribution in [0.25, 0.3) is 0 Å². The topological polar surface area (TPSA) is 21.3 Å². The predicted octanol–water partition coefficient (Wildman–Crippen LogP) is 3.89. The molecule has 0 bridgehead atoms. The predicted molar refractivity (Wildman–Crippen MR) is 76.9 cm³/mol. The lowest BCUT2D eigenvalue weighted by atomic mass is 9.96. The lowest BCUT2D eigenvalue weighted by Gasteiger charge is -2.28. The van der Waals surface area contributed by atoms with Crippen molar-refractivity contribution < 1.29 is 4.74 Å². The van der Waals surface area contributed by atoms with Gasteiger partial charge < -0.3 is 10.1 Å². The Morgan fingerprint density at radius 2 is 1.67 bits per heavy atom. The first-order valence-electron chi connectivity index (χ1n) is 8.25. The molecule has 2 nitrogen and oxygen atoms in total. The van der Waals surface area contributed by atoms with Gasteiger partial charge in [0.2, 0.25) is 0 Å². The van der Waals surface area contributed by atoms with E-state index in [0.717, 1.165) is 19.1 Å². The molecule has 1 atom stereocenters. The maximum absolute atomic E-state index is 6.19. The van der Waals surface area contributed by atoms with Crippen molar-refractivity contribution in [2.75, 3.05) is 13.2 Å². The molecule has 0 heterocycles. The minimum absolute atomic E-state index is 0.561. The smallest absolute Gasteiger partial charge is 0.0626 e. The fourth-order valence-corrected chi connectivity index (χ4v) is 3.52. The summed E-state index contributed by atoms with van der Waals surface area (Å²) in [5.74, 6) is 0.875. The summed E-state index contributed by atoms with van der Waals surface area (Å²) in [6, 6.07) is 0.620. The fourth-order valence-electron chi connectivity index (χ4n) is 3.52. The molecule has 2 rings (SSSR count). The van der Waals surface area contributed by atoms with Crippen LogP contribution in [0.15, 0.2) is 0 Å². The fraction of sp³-hybridized carbons (Fsp3) is 1.00. The van der Waals surface area contributed by atoms with Crippen molar-refractivity contribution in [2.24, 2.45) is 5.92 Å². The molecule has 2 aliphatic carbocycles. The summed E-state index contributed by atoms with van der Waals surface area (Å²) < 4.78 is 6.19. The van der Waals surface area contributed by atoms with E-state index in [9.17, 15) is 0 Å². The minimum Gasteiger partial charge on any atom is -0.377 e. The Bertz CT molecular complexity index is 207. The van der Waals surface area contributed by atoms with Gasteiger partial charge in [-0.2, -0.15) is 0 Å². The second kappa shape index (κ2) is 8.16. The Kier molecular flexibility index (Phi) is 6.50. The van der Waals surface area contributed by atoms with Crippen LogP contribution < -0.4 is 5.32 Å². The molecule has 2 heteroatoms. The summed E-state index contributed by atoms with van der Waals surface area (Å²) in [7, 11) is 0. The molecule has 1 unspecified atom stereocenters. The molecule has 2 aliphatic rings. The maximum atomic E-state index is 6.19. The highest BCUT2D eigenvalue weighted by molar-refractivity contribution is 4.81. The monoisotopic (exact) mass is 253 g/mol. The van der Waals surface area contributed by atoms with E-state index in [1.54, 1.807) is 0 Å². The average Bonchev–Trinajstić information content (AvgIpc) is 2.94. The van der Waals surface area contributed by atoms with Gasteiger partial charge in [0.25, 0.3) is 0 Å². The number of ether oxygens (including phenoxy) is 1. The maximum Gasteiger partial charge on any atom is 0.0626 e. The Balaban J connectivity index is 1.72. The van der Waals surface area contributed by atoms with Crippen molar-refractivity contribution in [1.29, 1.82) is 0 Å². The zero-order valence-electron chi connectivity index (χ0n) is 12.1. The van der Waals surface area contributed by atoms with Gasteiger partial charge in [-0.3, -0.25) is 0 Å². The molecule has 0 aromatic carbocycles. The van der Waals surface area contributed by atoms with E-state index in [-0.39, 0.29) is 0 Å². The summed E-state index contributed by atoms with van der Waals surface area (Å²) in [6.07, 6.45) is 14.2. The van der Waals surface area contributed by atoms with E-state index in [1.165, 1.54) is 64.2 Å². The summed E-state index contributed by atoms with van der Waals surface area (Å²) in [5.41, 5.74) is 0. The van der Waals surface area contributed by atoms with Crippen molar-refractivity contribution in [1.82, 2.24) is 5.32 Å². The number of hydrogen-bond acceptors (Lipinski definition) is 2. The Morgan fingerprint density at radius 1 is 1.00 bits per heavy atom. The summed E-state index contributed by atoms with van der Waals surface area (Å²) in [4.78, 5) is 0. The molecular formula is C16H31NO. The average molecular weight is 253 g/mol. The molecule has 0 radical (unpaired) electrons. The molecule has 18 heavy (non-hydrogen) atoms. The molecule has 2 fully saturated rings. The summed E-state index contributed by atoms with van der Waals surface area (Å²) in [5, 5.41) is 3.73. The molecule has 0 aromatic rings. The molecule has 0 aliphatic heterocycles. The molecule has 0 amide bonds. The summed E-state index contributed by atoms with van der Waals surface area (Å²) >= 11 is 0. The van der Waals surface area contributed by atoms with Crippen LogP contribution in [0, 0.1) is 5.92 Å². The van der Waals surface area contributed by atoms with E-state index >= 15 is 0 Å². The third-order valence-electron chi connectivity index (χ3n) is 4.69. The number of nitrogens with one attached hydrogen (secondary N) is 1. The van der Waals surface area contributed by atoms with Gasteiger partial charge in [-0.05, 0) is 44.6 Å². The third-order valence-corrected chi connectivity index (χ3v) is 4.69. The van der Waals surface area contributed by atoms with Crippen molar-refractivity contribution in [3.05, 3.63) is 0 Å². The summed E-state index contributed by atoms with van der Waals surface area (Å²) in [6.45, 7) is 4.35. The van der Waals surface area contributed by atoms with Gasteiger partial charge in [-0.15, -0.1) is 0 Å². The first-order chi connectivity index (χ1) is 8.90. The van der Waals surface area contributed by atoms with Gasteiger partial charge in [0.15, 0.2) is 0 Å². The van der Waals surface area contributed by atoms with Crippen LogP contribution in [0.1, 0.15) is 71.1 Å². The molecule has 2 saturated carbocycles. The lowest BCUT2D eigenvalue weighted by Crippen LogP contribution is -2.40. The highest BCUT2D eigenvalue weighted by atomic mass is 16.5. The molecule has 106 valence electrons. The first-order valence-corrected chi connectivity index (χ1v) is 8.25. The lowest BCUT2D eigenvalue weighted by molar-refractivity contribution is 0.00730. The Hall–Kier alpha value is -0.0800. The van der Waals surface area contributed by atoms with Gasteiger partial charge in [0, 0.05) is 6.04 Å². The van der Waals surface area contributed by atoms with E-state index < -0.39 is 0 Å². The van der Waals surface area contributed by atoms with Crippen LogP contribution in [-0.2, 0) is 4.74 Å². The molecular weight excluding hydrogens is 222 g/mol. The zero-order valence-corrected chi connectivity index (χ0v) is 12.1. The van der Waals surface area contributed by atoms with Gasteiger partial charge >= 0.3 is 0 Å². The highest BCUT2D eigenvalue weighted by Gasteiger charge is 2.25. The first kappa shape index (κ1) is 14.3. The van der Waals surface area contributed by atoms with Crippen molar-refractivity contribution >= 4 is 0 Å². The van der Waals surface area contributed by atoms with Crippen LogP contribution >= 0.6 is 0 Å². The van der Waals surface area contributed by atoms with Gasteiger partial charge in [-0.25, -0.2) is 0 Å². The highest BCUT2D eigenvalue weighted by Crippen LogP contribution is 2.29. The van der Waals surface area contributed by atoms with E-state index in [2.05, 4.69) is 12.2 Å². The van der Waals surface area contributed by atoms with Gasteiger partial charge in [0.05, 0.1) is 12.7 Å². The van der Waals surface area contributed by atoms with Crippen LogP contribution in [0.2, 0.25) is 0 Å².